The maximum Gasteiger partial charge on any atom is 0.129 e. The standard InChI is InChI=1S/C16H15ClFNS/c17-12-6-5-11(14(18)9-12)10-19-15-7-8-20-16-4-2-1-3-13(15)16/h1-6,9,15,19H,7-8,10H2. The van der Waals surface area contributed by atoms with Crippen molar-refractivity contribution in [3.63, 3.8) is 0 Å². The Kier molecular flexibility index (Phi) is 4.29. The molecule has 1 aliphatic rings. The van der Waals surface area contributed by atoms with Gasteiger partial charge in [-0.15, -0.1) is 11.8 Å². The summed E-state index contributed by atoms with van der Waals surface area (Å²) in [6, 6.07) is 13.6. The maximum absolute atomic E-state index is 13.8. The van der Waals surface area contributed by atoms with E-state index in [4.69, 9.17) is 11.6 Å². The molecule has 1 heterocycles. The van der Waals surface area contributed by atoms with E-state index in [0.717, 1.165) is 12.2 Å². The van der Waals surface area contributed by atoms with Crippen LogP contribution >= 0.6 is 23.4 Å². The highest BCUT2D eigenvalue weighted by Crippen LogP contribution is 2.35. The number of halogens is 2. The molecule has 4 heteroatoms. The first-order valence-electron chi connectivity index (χ1n) is 6.63. The van der Waals surface area contributed by atoms with Crippen LogP contribution in [-0.4, -0.2) is 5.75 Å². The van der Waals surface area contributed by atoms with Crippen LogP contribution < -0.4 is 5.32 Å². The van der Waals surface area contributed by atoms with Gasteiger partial charge in [0, 0.05) is 28.1 Å². The highest BCUT2D eigenvalue weighted by Gasteiger charge is 2.19. The van der Waals surface area contributed by atoms with Gasteiger partial charge >= 0.3 is 0 Å². The van der Waals surface area contributed by atoms with Gasteiger partial charge in [0.1, 0.15) is 5.82 Å². The van der Waals surface area contributed by atoms with Crippen molar-refractivity contribution in [3.05, 3.63) is 64.4 Å². The second-order valence-corrected chi connectivity index (χ2v) is 6.42. The van der Waals surface area contributed by atoms with E-state index in [1.165, 1.54) is 16.5 Å². The molecule has 0 aromatic heterocycles. The molecule has 20 heavy (non-hydrogen) atoms. The zero-order valence-corrected chi connectivity index (χ0v) is 12.5. The third-order valence-corrected chi connectivity index (χ3v) is 4.87. The van der Waals surface area contributed by atoms with E-state index < -0.39 is 0 Å². The van der Waals surface area contributed by atoms with Crippen molar-refractivity contribution in [1.82, 2.24) is 5.32 Å². The lowest BCUT2D eigenvalue weighted by Crippen LogP contribution is -2.24. The summed E-state index contributed by atoms with van der Waals surface area (Å²) in [5.41, 5.74) is 1.98. The van der Waals surface area contributed by atoms with Crippen LogP contribution in [0.1, 0.15) is 23.6 Å². The predicted molar refractivity (Wildman–Crippen MR) is 82.8 cm³/mol. The molecule has 104 valence electrons. The highest BCUT2D eigenvalue weighted by atomic mass is 35.5. The van der Waals surface area contributed by atoms with Crippen molar-refractivity contribution < 1.29 is 4.39 Å². The molecular formula is C16H15ClFNS. The summed E-state index contributed by atoms with van der Waals surface area (Å²) in [6.45, 7) is 0.521. The summed E-state index contributed by atoms with van der Waals surface area (Å²) in [5.74, 6) is 0.848. The van der Waals surface area contributed by atoms with Gasteiger partial charge in [0.05, 0.1) is 0 Å². The van der Waals surface area contributed by atoms with E-state index >= 15 is 0 Å². The molecule has 3 rings (SSSR count). The lowest BCUT2D eigenvalue weighted by atomic mass is 10.0. The summed E-state index contributed by atoms with van der Waals surface area (Å²) in [5, 5.41) is 3.89. The van der Waals surface area contributed by atoms with Crippen molar-refractivity contribution in [2.75, 3.05) is 5.75 Å². The molecule has 0 amide bonds. The monoisotopic (exact) mass is 307 g/mol. The zero-order chi connectivity index (χ0) is 13.9. The van der Waals surface area contributed by atoms with Gasteiger partial charge in [0.25, 0.3) is 0 Å². The number of rotatable bonds is 3. The highest BCUT2D eigenvalue weighted by molar-refractivity contribution is 7.99. The summed E-state index contributed by atoms with van der Waals surface area (Å²) in [6.07, 6.45) is 1.07. The normalized spacial score (nSPS) is 17.8. The fourth-order valence-electron chi connectivity index (χ4n) is 2.45. The Labute approximate surface area is 127 Å². The second-order valence-electron chi connectivity index (χ2n) is 4.84. The number of hydrogen-bond donors (Lipinski definition) is 1. The molecule has 0 aliphatic carbocycles. The lowest BCUT2D eigenvalue weighted by molar-refractivity contribution is 0.497. The van der Waals surface area contributed by atoms with Gasteiger partial charge in [-0.25, -0.2) is 4.39 Å². The number of hydrogen-bond acceptors (Lipinski definition) is 2. The quantitative estimate of drug-likeness (QED) is 0.873. The Bertz CT molecular complexity index is 617. The smallest absolute Gasteiger partial charge is 0.129 e. The molecule has 0 bridgehead atoms. The molecule has 2 aromatic rings. The molecule has 0 radical (unpaired) electrons. The van der Waals surface area contributed by atoms with Gasteiger partial charge in [0.15, 0.2) is 0 Å². The molecule has 1 atom stereocenters. The SMILES string of the molecule is Fc1cc(Cl)ccc1CNC1CCSc2ccccc21. The number of fused-ring (bicyclic) bond motifs is 1. The molecule has 2 aromatic carbocycles. The molecule has 1 aliphatic heterocycles. The van der Waals surface area contributed by atoms with Crippen LogP contribution in [0.4, 0.5) is 4.39 Å². The molecule has 0 saturated heterocycles. The molecule has 1 nitrogen and oxygen atoms in total. The van der Waals surface area contributed by atoms with Crippen LogP contribution in [0.25, 0.3) is 0 Å². The first-order valence-corrected chi connectivity index (χ1v) is 7.99. The van der Waals surface area contributed by atoms with Crippen molar-refractivity contribution in [1.29, 1.82) is 0 Å². The van der Waals surface area contributed by atoms with Gasteiger partial charge in [-0.2, -0.15) is 0 Å². The summed E-state index contributed by atoms with van der Waals surface area (Å²) < 4.78 is 13.8. The van der Waals surface area contributed by atoms with Crippen molar-refractivity contribution in [2.45, 2.75) is 23.9 Å². The van der Waals surface area contributed by atoms with E-state index in [1.807, 2.05) is 11.8 Å². The lowest BCUT2D eigenvalue weighted by Gasteiger charge is -2.26. The maximum atomic E-state index is 13.8. The summed E-state index contributed by atoms with van der Waals surface area (Å²) >= 11 is 7.66. The molecule has 1 unspecified atom stereocenters. The Morgan fingerprint density at radius 3 is 2.95 bits per heavy atom. The minimum absolute atomic E-state index is 0.247. The van der Waals surface area contributed by atoms with Crippen LogP contribution in [-0.2, 0) is 6.54 Å². The number of benzene rings is 2. The van der Waals surface area contributed by atoms with E-state index in [1.54, 1.807) is 12.1 Å². The van der Waals surface area contributed by atoms with Crippen LogP contribution in [0.15, 0.2) is 47.4 Å². The van der Waals surface area contributed by atoms with Crippen LogP contribution in [0, 0.1) is 5.82 Å². The van der Waals surface area contributed by atoms with Crippen LogP contribution in [0.3, 0.4) is 0 Å². The molecule has 0 spiro atoms. The van der Waals surface area contributed by atoms with Gasteiger partial charge in [0.2, 0.25) is 0 Å². The fourth-order valence-corrected chi connectivity index (χ4v) is 3.74. The van der Waals surface area contributed by atoms with E-state index in [2.05, 4.69) is 29.6 Å². The van der Waals surface area contributed by atoms with E-state index in [0.29, 0.717) is 23.2 Å². The van der Waals surface area contributed by atoms with Crippen LogP contribution in [0.2, 0.25) is 5.02 Å². The number of nitrogens with one attached hydrogen (secondary N) is 1. The Hall–Kier alpha value is -1.03. The minimum Gasteiger partial charge on any atom is -0.306 e. The first kappa shape index (κ1) is 13.9. The van der Waals surface area contributed by atoms with Gasteiger partial charge in [-0.3, -0.25) is 0 Å². The minimum atomic E-state index is -0.247. The second kappa shape index (κ2) is 6.17. The molecule has 0 fully saturated rings. The zero-order valence-electron chi connectivity index (χ0n) is 10.9. The topological polar surface area (TPSA) is 12.0 Å². The summed E-state index contributed by atoms with van der Waals surface area (Å²) in [4.78, 5) is 1.33. The van der Waals surface area contributed by atoms with Crippen molar-refractivity contribution in [2.24, 2.45) is 0 Å². The first-order chi connectivity index (χ1) is 9.74. The third kappa shape index (κ3) is 3.00. The predicted octanol–water partition coefficient (Wildman–Crippen LogP) is 4.81. The van der Waals surface area contributed by atoms with E-state index in [9.17, 15) is 4.39 Å². The average Bonchev–Trinajstić information content (AvgIpc) is 2.46. The van der Waals surface area contributed by atoms with Gasteiger partial charge in [-0.05, 0) is 35.9 Å². The number of thioether (sulfide) groups is 1. The Morgan fingerprint density at radius 2 is 2.10 bits per heavy atom. The van der Waals surface area contributed by atoms with Crippen molar-refractivity contribution in [3.8, 4) is 0 Å². The third-order valence-electron chi connectivity index (χ3n) is 3.51. The largest absolute Gasteiger partial charge is 0.306 e. The van der Waals surface area contributed by atoms with Gasteiger partial charge < -0.3 is 5.32 Å². The fraction of sp³-hybridized carbons (Fsp3) is 0.250. The Balaban J connectivity index is 1.73. The average molecular weight is 308 g/mol. The molecular weight excluding hydrogens is 293 g/mol. The van der Waals surface area contributed by atoms with E-state index in [-0.39, 0.29) is 5.82 Å². The Morgan fingerprint density at radius 1 is 1.25 bits per heavy atom. The van der Waals surface area contributed by atoms with Crippen molar-refractivity contribution >= 4 is 23.4 Å². The molecule has 1 N–H and O–H groups in total. The summed E-state index contributed by atoms with van der Waals surface area (Å²) in [7, 11) is 0. The van der Waals surface area contributed by atoms with Gasteiger partial charge in [-0.1, -0.05) is 35.9 Å². The van der Waals surface area contributed by atoms with Crippen LogP contribution in [0.5, 0.6) is 0 Å². The molecule has 0 saturated carbocycles.